The predicted molar refractivity (Wildman–Crippen MR) is 66.2 cm³/mol. The molecule has 2 heterocycles. The number of morpholine rings is 1. The van der Waals surface area contributed by atoms with E-state index in [9.17, 15) is 4.79 Å². The molecule has 0 aromatic heterocycles. The Morgan fingerprint density at radius 3 is 2.89 bits per heavy atom. The van der Waals surface area contributed by atoms with Crippen LogP contribution in [0.1, 0.15) is 32.6 Å². The van der Waals surface area contributed by atoms with E-state index in [-0.39, 0.29) is 30.8 Å². The summed E-state index contributed by atoms with van der Waals surface area (Å²) < 4.78 is 11.0. The summed E-state index contributed by atoms with van der Waals surface area (Å²) in [5.74, 6) is 0.153. The van der Waals surface area contributed by atoms with Crippen LogP contribution in [0.4, 0.5) is 0 Å². The standard InChI is InChI=1S/C13H23NO4/c1-10-9-18-12(8-15)7-14(10)13(16)5-4-11-3-2-6-17-11/h10-12,15H,2-9H2,1H3. The highest BCUT2D eigenvalue weighted by atomic mass is 16.5. The van der Waals surface area contributed by atoms with Crippen molar-refractivity contribution in [3.63, 3.8) is 0 Å². The van der Waals surface area contributed by atoms with Crippen molar-refractivity contribution >= 4 is 5.91 Å². The molecule has 1 amide bonds. The van der Waals surface area contributed by atoms with Gasteiger partial charge in [0.15, 0.2) is 0 Å². The molecule has 0 saturated carbocycles. The number of aliphatic hydroxyl groups is 1. The minimum atomic E-state index is -0.229. The van der Waals surface area contributed by atoms with Crippen molar-refractivity contribution in [2.45, 2.75) is 50.9 Å². The molecule has 1 N–H and O–H groups in total. The van der Waals surface area contributed by atoms with Crippen LogP contribution in [-0.2, 0) is 14.3 Å². The Balaban J connectivity index is 1.78. The van der Waals surface area contributed by atoms with Gasteiger partial charge in [0.05, 0.1) is 31.5 Å². The van der Waals surface area contributed by atoms with Crippen LogP contribution >= 0.6 is 0 Å². The summed E-state index contributed by atoms with van der Waals surface area (Å²) in [7, 11) is 0. The monoisotopic (exact) mass is 257 g/mol. The van der Waals surface area contributed by atoms with Gasteiger partial charge in [-0.15, -0.1) is 0 Å². The Labute approximate surface area is 108 Å². The first kappa shape index (κ1) is 13.8. The molecule has 0 bridgehead atoms. The predicted octanol–water partition coefficient (Wildman–Crippen LogP) is 0.554. The molecule has 2 fully saturated rings. The average Bonchev–Trinajstić information content (AvgIpc) is 2.89. The lowest BCUT2D eigenvalue weighted by Gasteiger charge is -2.37. The molecule has 3 unspecified atom stereocenters. The van der Waals surface area contributed by atoms with Gasteiger partial charge in [0, 0.05) is 19.6 Å². The molecule has 2 rings (SSSR count). The van der Waals surface area contributed by atoms with Gasteiger partial charge < -0.3 is 19.5 Å². The number of carbonyl (C=O) groups excluding carboxylic acids is 1. The molecule has 0 aromatic rings. The quantitative estimate of drug-likeness (QED) is 0.799. The maximum atomic E-state index is 12.2. The normalized spacial score (nSPS) is 32.8. The number of hydrogen-bond donors (Lipinski definition) is 1. The zero-order chi connectivity index (χ0) is 13.0. The molecule has 0 aliphatic carbocycles. The lowest BCUT2D eigenvalue weighted by atomic mass is 10.1. The van der Waals surface area contributed by atoms with Gasteiger partial charge in [-0.05, 0) is 26.2 Å². The summed E-state index contributed by atoms with van der Waals surface area (Å²) in [5, 5.41) is 9.10. The van der Waals surface area contributed by atoms with E-state index in [1.54, 1.807) is 0 Å². The number of rotatable bonds is 4. The number of nitrogens with zero attached hydrogens (tertiary/aromatic N) is 1. The van der Waals surface area contributed by atoms with E-state index in [0.717, 1.165) is 25.9 Å². The van der Waals surface area contributed by atoms with Crippen LogP contribution in [0, 0.1) is 0 Å². The molecule has 2 aliphatic rings. The molecule has 5 nitrogen and oxygen atoms in total. The van der Waals surface area contributed by atoms with Crippen LogP contribution < -0.4 is 0 Å². The third kappa shape index (κ3) is 3.43. The summed E-state index contributed by atoms with van der Waals surface area (Å²) in [4.78, 5) is 14.0. The van der Waals surface area contributed by atoms with Gasteiger partial charge >= 0.3 is 0 Å². The molecule has 3 atom stereocenters. The fourth-order valence-electron chi connectivity index (χ4n) is 2.58. The van der Waals surface area contributed by atoms with Crippen molar-refractivity contribution in [1.29, 1.82) is 0 Å². The second-order valence-corrected chi connectivity index (χ2v) is 5.21. The largest absolute Gasteiger partial charge is 0.394 e. The van der Waals surface area contributed by atoms with Crippen molar-refractivity contribution in [2.24, 2.45) is 0 Å². The average molecular weight is 257 g/mol. The van der Waals surface area contributed by atoms with E-state index in [1.165, 1.54) is 0 Å². The van der Waals surface area contributed by atoms with Crippen molar-refractivity contribution in [2.75, 3.05) is 26.4 Å². The number of ether oxygens (including phenoxy) is 2. The molecule has 104 valence electrons. The van der Waals surface area contributed by atoms with E-state index in [1.807, 2.05) is 11.8 Å². The Morgan fingerprint density at radius 2 is 2.22 bits per heavy atom. The van der Waals surface area contributed by atoms with Crippen LogP contribution in [0.2, 0.25) is 0 Å². The molecule has 2 saturated heterocycles. The number of amides is 1. The van der Waals surface area contributed by atoms with Crippen molar-refractivity contribution in [3.8, 4) is 0 Å². The fraction of sp³-hybridized carbons (Fsp3) is 0.923. The Kier molecular flexibility index (Phi) is 4.97. The highest BCUT2D eigenvalue weighted by Crippen LogP contribution is 2.19. The maximum Gasteiger partial charge on any atom is 0.223 e. The van der Waals surface area contributed by atoms with Crippen LogP contribution in [-0.4, -0.2) is 60.5 Å². The van der Waals surface area contributed by atoms with E-state index >= 15 is 0 Å². The fourth-order valence-corrected chi connectivity index (χ4v) is 2.58. The molecular formula is C13H23NO4. The molecule has 0 spiro atoms. The smallest absolute Gasteiger partial charge is 0.223 e. The summed E-state index contributed by atoms with van der Waals surface area (Å²) in [6.07, 6.45) is 3.57. The third-order valence-electron chi connectivity index (χ3n) is 3.73. The first-order valence-corrected chi connectivity index (χ1v) is 6.84. The van der Waals surface area contributed by atoms with Gasteiger partial charge in [0.2, 0.25) is 5.91 Å². The molecule has 18 heavy (non-hydrogen) atoms. The van der Waals surface area contributed by atoms with Gasteiger partial charge in [-0.2, -0.15) is 0 Å². The minimum Gasteiger partial charge on any atom is -0.394 e. The first-order chi connectivity index (χ1) is 8.70. The summed E-state index contributed by atoms with van der Waals surface area (Å²) in [6, 6.07) is 0.102. The van der Waals surface area contributed by atoms with Gasteiger partial charge in [0.25, 0.3) is 0 Å². The van der Waals surface area contributed by atoms with Gasteiger partial charge in [0.1, 0.15) is 0 Å². The van der Waals surface area contributed by atoms with Crippen molar-refractivity contribution < 1.29 is 19.4 Å². The van der Waals surface area contributed by atoms with Crippen molar-refractivity contribution in [3.05, 3.63) is 0 Å². The molecule has 0 radical (unpaired) electrons. The second-order valence-electron chi connectivity index (χ2n) is 5.21. The SMILES string of the molecule is CC1COC(CO)CN1C(=O)CCC1CCCO1. The maximum absolute atomic E-state index is 12.2. The second kappa shape index (κ2) is 6.50. The lowest BCUT2D eigenvalue weighted by molar-refractivity contribution is -0.146. The Morgan fingerprint density at radius 1 is 1.39 bits per heavy atom. The van der Waals surface area contributed by atoms with E-state index in [4.69, 9.17) is 14.6 Å². The van der Waals surface area contributed by atoms with E-state index in [2.05, 4.69) is 0 Å². The van der Waals surface area contributed by atoms with E-state index < -0.39 is 0 Å². The molecule has 5 heteroatoms. The van der Waals surface area contributed by atoms with Crippen LogP contribution in [0.5, 0.6) is 0 Å². The Hall–Kier alpha value is -0.650. The van der Waals surface area contributed by atoms with Gasteiger partial charge in [-0.25, -0.2) is 0 Å². The number of aliphatic hydroxyl groups excluding tert-OH is 1. The van der Waals surface area contributed by atoms with Gasteiger partial charge in [-0.1, -0.05) is 0 Å². The zero-order valence-corrected chi connectivity index (χ0v) is 11.0. The molecular weight excluding hydrogens is 234 g/mol. The number of carbonyl (C=O) groups is 1. The van der Waals surface area contributed by atoms with Crippen LogP contribution in [0.15, 0.2) is 0 Å². The third-order valence-corrected chi connectivity index (χ3v) is 3.73. The molecule has 0 aromatic carbocycles. The number of hydrogen-bond acceptors (Lipinski definition) is 4. The zero-order valence-electron chi connectivity index (χ0n) is 11.0. The van der Waals surface area contributed by atoms with Crippen LogP contribution in [0.3, 0.4) is 0 Å². The topological polar surface area (TPSA) is 59.0 Å². The van der Waals surface area contributed by atoms with E-state index in [0.29, 0.717) is 19.6 Å². The van der Waals surface area contributed by atoms with Crippen molar-refractivity contribution in [1.82, 2.24) is 4.90 Å². The summed E-state index contributed by atoms with van der Waals surface area (Å²) >= 11 is 0. The highest BCUT2D eigenvalue weighted by molar-refractivity contribution is 5.76. The summed E-state index contributed by atoms with van der Waals surface area (Å²) in [5.41, 5.74) is 0. The summed E-state index contributed by atoms with van der Waals surface area (Å²) in [6.45, 7) is 3.80. The molecule has 2 aliphatic heterocycles. The lowest BCUT2D eigenvalue weighted by Crippen LogP contribution is -2.52. The highest BCUT2D eigenvalue weighted by Gasteiger charge is 2.29. The van der Waals surface area contributed by atoms with Crippen LogP contribution in [0.25, 0.3) is 0 Å². The van der Waals surface area contributed by atoms with Gasteiger partial charge in [-0.3, -0.25) is 4.79 Å². The first-order valence-electron chi connectivity index (χ1n) is 6.84. The Bertz CT molecular complexity index is 278. The minimum absolute atomic E-state index is 0.0256.